The molecule has 1 unspecified atom stereocenters. The highest BCUT2D eigenvalue weighted by molar-refractivity contribution is 7.10. The van der Waals surface area contributed by atoms with E-state index in [4.69, 9.17) is 0 Å². The van der Waals surface area contributed by atoms with E-state index in [9.17, 15) is 14.7 Å². The maximum absolute atomic E-state index is 12.9. The summed E-state index contributed by atoms with van der Waals surface area (Å²) in [6.45, 7) is 1.29. The zero-order valence-corrected chi connectivity index (χ0v) is 16.9. The molecule has 0 spiro atoms. The Balaban J connectivity index is 1.87. The average Bonchev–Trinajstić information content (AvgIpc) is 3.29. The predicted molar refractivity (Wildman–Crippen MR) is 112 cm³/mol. The van der Waals surface area contributed by atoms with Crippen molar-refractivity contribution in [3.8, 4) is 0 Å². The molecule has 6 heteroatoms. The molecule has 2 aromatic rings. The summed E-state index contributed by atoms with van der Waals surface area (Å²) in [5.41, 5.74) is 1.04. The van der Waals surface area contributed by atoms with Gasteiger partial charge in [0.15, 0.2) is 11.5 Å². The number of carbonyl (C=O) groups is 2. The third-order valence-electron chi connectivity index (χ3n) is 4.61. The van der Waals surface area contributed by atoms with E-state index in [0.717, 1.165) is 23.4 Å². The van der Waals surface area contributed by atoms with Gasteiger partial charge >= 0.3 is 0 Å². The monoisotopic (exact) mass is 396 g/mol. The molecule has 0 saturated carbocycles. The quantitative estimate of drug-likeness (QED) is 0.692. The first-order valence-electron chi connectivity index (χ1n) is 9.18. The van der Waals surface area contributed by atoms with Crippen LogP contribution in [0.15, 0.2) is 65.3 Å². The summed E-state index contributed by atoms with van der Waals surface area (Å²) in [5.74, 6) is -1.26. The summed E-state index contributed by atoms with van der Waals surface area (Å²) >= 11 is 1.48. The van der Waals surface area contributed by atoms with Gasteiger partial charge in [0.2, 0.25) is 0 Å². The van der Waals surface area contributed by atoms with Crippen molar-refractivity contribution in [1.29, 1.82) is 0 Å². The maximum atomic E-state index is 12.9. The SMILES string of the molecule is CN(C)CCCN1C(=O)C(O)=C(C(=O)/C=C/c2ccccc2)C1c1cccs1. The Hall–Kier alpha value is -2.70. The second-order valence-electron chi connectivity index (χ2n) is 6.94. The van der Waals surface area contributed by atoms with E-state index >= 15 is 0 Å². The minimum atomic E-state index is -0.539. The number of carbonyl (C=O) groups excluding carboxylic acids is 2. The third-order valence-corrected chi connectivity index (χ3v) is 5.54. The van der Waals surface area contributed by atoms with Crippen molar-refractivity contribution < 1.29 is 14.7 Å². The summed E-state index contributed by atoms with van der Waals surface area (Å²) in [5, 5.41) is 12.4. The van der Waals surface area contributed by atoms with Crippen LogP contribution < -0.4 is 0 Å². The van der Waals surface area contributed by atoms with E-state index in [0.29, 0.717) is 6.54 Å². The Labute approximate surface area is 169 Å². The first-order chi connectivity index (χ1) is 13.5. The largest absolute Gasteiger partial charge is 0.503 e. The second kappa shape index (κ2) is 8.99. The Kier molecular flexibility index (Phi) is 6.44. The summed E-state index contributed by atoms with van der Waals surface area (Å²) in [6.07, 6.45) is 3.89. The minimum absolute atomic E-state index is 0.157. The first-order valence-corrected chi connectivity index (χ1v) is 10.1. The van der Waals surface area contributed by atoms with Crippen LogP contribution in [0.2, 0.25) is 0 Å². The molecule has 3 rings (SSSR count). The number of ketones is 1. The van der Waals surface area contributed by atoms with Crippen molar-refractivity contribution in [2.45, 2.75) is 12.5 Å². The molecule has 1 amide bonds. The predicted octanol–water partition coefficient (Wildman–Crippen LogP) is 3.68. The van der Waals surface area contributed by atoms with Gasteiger partial charge in [-0.15, -0.1) is 11.3 Å². The summed E-state index contributed by atoms with van der Waals surface area (Å²) in [4.78, 5) is 30.2. The zero-order valence-electron chi connectivity index (χ0n) is 16.0. The summed E-state index contributed by atoms with van der Waals surface area (Å²) in [7, 11) is 3.95. The highest BCUT2D eigenvalue weighted by atomic mass is 32.1. The fraction of sp³-hybridized carbons (Fsp3) is 0.273. The average molecular weight is 397 g/mol. The van der Waals surface area contributed by atoms with Crippen LogP contribution in [0, 0.1) is 0 Å². The Morgan fingerprint density at radius 2 is 1.96 bits per heavy atom. The van der Waals surface area contributed by atoms with Gasteiger partial charge in [-0.05, 0) is 50.1 Å². The molecule has 1 aliphatic heterocycles. The first kappa shape index (κ1) is 20.0. The molecule has 1 aromatic heterocycles. The van der Waals surface area contributed by atoms with Crippen LogP contribution in [-0.2, 0) is 9.59 Å². The number of nitrogens with zero attached hydrogens (tertiary/aromatic N) is 2. The van der Waals surface area contributed by atoms with Crippen LogP contribution in [0.25, 0.3) is 6.08 Å². The molecule has 0 aliphatic carbocycles. The van der Waals surface area contributed by atoms with Crippen molar-refractivity contribution in [1.82, 2.24) is 9.80 Å². The number of benzene rings is 1. The Morgan fingerprint density at radius 3 is 2.61 bits per heavy atom. The van der Waals surface area contributed by atoms with Gasteiger partial charge in [-0.25, -0.2) is 0 Å². The molecule has 28 heavy (non-hydrogen) atoms. The van der Waals surface area contributed by atoms with Gasteiger partial charge in [0.05, 0.1) is 11.6 Å². The molecule has 5 nitrogen and oxygen atoms in total. The molecule has 1 atom stereocenters. The van der Waals surface area contributed by atoms with Crippen molar-refractivity contribution in [3.05, 3.63) is 75.7 Å². The van der Waals surface area contributed by atoms with Crippen molar-refractivity contribution in [3.63, 3.8) is 0 Å². The number of aliphatic hydroxyl groups excluding tert-OH is 1. The molecule has 0 radical (unpaired) electrons. The van der Waals surface area contributed by atoms with Gasteiger partial charge < -0.3 is 14.9 Å². The van der Waals surface area contributed by atoms with Crippen molar-refractivity contribution in [2.24, 2.45) is 0 Å². The normalized spacial score (nSPS) is 17.3. The lowest BCUT2D eigenvalue weighted by Crippen LogP contribution is -2.33. The molecule has 0 bridgehead atoms. The number of hydrogen-bond acceptors (Lipinski definition) is 5. The van der Waals surface area contributed by atoms with Crippen LogP contribution in [0.5, 0.6) is 0 Å². The number of allylic oxidation sites excluding steroid dienone is 1. The number of aliphatic hydroxyl groups is 1. The fourth-order valence-electron chi connectivity index (χ4n) is 3.26. The molecule has 1 aliphatic rings. The lowest BCUT2D eigenvalue weighted by Gasteiger charge is -2.26. The molecule has 2 heterocycles. The Bertz CT molecular complexity index is 886. The van der Waals surface area contributed by atoms with E-state index < -0.39 is 17.7 Å². The van der Waals surface area contributed by atoms with E-state index in [-0.39, 0.29) is 11.4 Å². The number of rotatable bonds is 8. The van der Waals surface area contributed by atoms with E-state index in [1.54, 1.807) is 11.0 Å². The smallest absolute Gasteiger partial charge is 0.290 e. The van der Waals surface area contributed by atoms with Crippen LogP contribution >= 0.6 is 11.3 Å². The van der Waals surface area contributed by atoms with Gasteiger partial charge in [-0.3, -0.25) is 9.59 Å². The van der Waals surface area contributed by atoms with Gasteiger partial charge in [-0.2, -0.15) is 0 Å². The molecule has 0 fully saturated rings. The Morgan fingerprint density at radius 1 is 1.21 bits per heavy atom. The molecular weight excluding hydrogens is 372 g/mol. The number of amides is 1. The van der Waals surface area contributed by atoms with E-state index in [1.807, 2.05) is 66.8 Å². The van der Waals surface area contributed by atoms with Gasteiger partial charge in [-0.1, -0.05) is 42.5 Å². The third kappa shape index (κ3) is 4.40. The van der Waals surface area contributed by atoms with E-state index in [1.165, 1.54) is 17.4 Å². The highest BCUT2D eigenvalue weighted by Gasteiger charge is 2.43. The topological polar surface area (TPSA) is 60.9 Å². The summed E-state index contributed by atoms with van der Waals surface area (Å²) < 4.78 is 0. The minimum Gasteiger partial charge on any atom is -0.503 e. The van der Waals surface area contributed by atoms with Gasteiger partial charge in [0.1, 0.15) is 0 Å². The van der Waals surface area contributed by atoms with Crippen LogP contribution in [0.3, 0.4) is 0 Å². The fourth-order valence-corrected chi connectivity index (χ4v) is 4.11. The maximum Gasteiger partial charge on any atom is 0.290 e. The van der Waals surface area contributed by atoms with E-state index in [2.05, 4.69) is 0 Å². The van der Waals surface area contributed by atoms with Crippen LogP contribution in [-0.4, -0.2) is 53.8 Å². The number of thiophene rings is 1. The van der Waals surface area contributed by atoms with Crippen LogP contribution in [0.4, 0.5) is 0 Å². The van der Waals surface area contributed by atoms with Crippen LogP contribution in [0.1, 0.15) is 22.9 Å². The second-order valence-corrected chi connectivity index (χ2v) is 7.92. The molecular formula is C22H24N2O3S. The van der Waals surface area contributed by atoms with Crippen molar-refractivity contribution in [2.75, 3.05) is 27.2 Å². The molecule has 1 aromatic carbocycles. The van der Waals surface area contributed by atoms with Gasteiger partial charge in [0, 0.05) is 11.4 Å². The molecule has 1 N–H and O–H groups in total. The van der Waals surface area contributed by atoms with Crippen molar-refractivity contribution >= 4 is 29.1 Å². The lowest BCUT2D eigenvalue weighted by molar-refractivity contribution is -0.129. The summed E-state index contributed by atoms with van der Waals surface area (Å²) in [6, 6.07) is 12.7. The number of hydrogen-bond donors (Lipinski definition) is 1. The lowest BCUT2D eigenvalue weighted by atomic mass is 10.0. The standard InChI is InChI=1S/C22H24N2O3S/c1-23(2)13-7-14-24-20(18-10-6-15-28-18)19(21(26)22(24)27)17(25)12-11-16-8-4-3-5-9-16/h3-6,8-12,15,20,26H,7,13-14H2,1-2H3/b12-11+. The zero-order chi connectivity index (χ0) is 20.1. The van der Waals surface area contributed by atoms with Gasteiger partial charge in [0.25, 0.3) is 5.91 Å². The molecule has 146 valence electrons. The highest BCUT2D eigenvalue weighted by Crippen LogP contribution is 2.39. The molecule has 0 saturated heterocycles.